The molecule has 0 spiro atoms. The zero-order valence-electron chi connectivity index (χ0n) is 17.7. The summed E-state index contributed by atoms with van der Waals surface area (Å²) in [6, 6.07) is 9.11. The molecule has 1 heterocycles. The van der Waals surface area contributed by atoms with Crippen molar-refractivity contribution in [2.75, 3.05) is 19.3 Å². The predicted octanol–water partition coefficient (Wildman–Crippen LogP) is 3.75. The van der Waals surface area contributed by atoms with Crippen LogP contribution in [0.2, 0.25) is 0 Å². The van der Waals surface area contributed by atoms with Gasteiger partial charge >= 0.3 is 0 Å². The van der Waals surface area contributed by atoms with Crippen LogP contribution in [-0.4, -0.2) is 44.6 Å². The fourth-order valence-electron chi connectivity index (χ4n) is 4.60. The number of sulfonamides is 1. The van der Waals surface area contributed by atoms with Crippen LogP contribution in [0.5, 0.6) is 0 Å². The van der Waals surface area contributed by atoms with E-state index in [1.807, 2.05) is 0 Å². The summed E-state index contributed by atoms with van der Waals surface area (Å²) in [5.41, 5.74) is -2.17. The number of carbonyl (C=O) groups is 1. The van der Waals surface area contributed by atoms with Crippen LogP contribution in [0.1, 0.15) is 31.2 Å². The van der Waals surface area contributed by atoms with Gasteiger partial charge in [-0.15, -0.1) is 0 Å². The summed E-state index contributed by atoms with van der Waals surface area (Å²) in [6.07, 6.45) is 3.02. The van der Waals surface area contributed by atoms with Crippen molar-refractivity contribution in [3.05, 3.63) is 59.7 Å². The standard InChI is InChI=1S/C23H25F3N2O3S/c1-32(30,31)27-15-7-4-5-12-28(14-15)22(29)18-13-23(18,26)17-9-3-2-8-16(17)21-19(24)10-6-11-20(21)25/h2-3,6,8-11,15,18,27H,4-5,7,12-14H2,1H3/t15-,18?,23?/m0/s1. The Morgan fingerprint density at radius 3 is 2.47 bits per heavy atom. The van der Waals surface area contributed by atoms with Gasteiger partial charge in [-0.1, -0.05) is 36.8 Å². The zero-order valence-corrected chi connectivity index (χ0v) is 18.5. The number of halogens is 3. The summed E-state index contributed by atoms with van der Waals surface area (Å²) in [7, 11) is -3.44. The van der Waals surface area contributed by atoms with Crippen LogP contribution in [0.4, 0.5) is 13.2 Å². The van der Waals surface area contributed by atoms with E-state index < -0.39 is 45.2 Å². The quantitative estimate of drug-likeness (QED) is 0.730. The number of alkyl halides is 1. The number of benzene rings is 2. The number of likely N-dealkylation sites (tertiary alicyclic amines) is 1. The number of rotatable bonds is 5. The molecule has 32 heavy (non-hydrogen) atoms. The highest BCUT2D eigenvalue weighted by Gasteiger charge is 2.62. The molecule has 2 fully saturated rings. The first-order chi connectivity index (χ1) is 15.1. The second kappa shape index (κ2) is 8.51. The first-order valence-electron chi connectivity index (χ1n) is 10.6. The molecule has 2 aliphatic rings. The van der Waals surface area contributed by atoms with E-state index in [9.17, 15) is 22.0 Å². The highest BCUT2D eigenvalue weighted by atomic mass is 32.2. The Morgan fingerprint density at radius 1 is 1.09 bits per heavy atom. The third-order valence-electron chi connectivity index (χ3n) is 6.16. The van der Waals surface area contributed by atoms with Crippen LogP contribution >= 0.6 is 0 Å². The molecule has 0 aromatic heterocycles. The first-order valence-corrected chi connectivity index (χ1v) is 12.5. The molecule has 9 heteroatoms. The summed E-state index contributed by atoms with van der Waals surface area (Å²) in [5.74, 6) is -2.98. The predicted molar refractivity (Wildman–Crippen MR) is 115 cm³/mol. The van der Waals surface area contributed by atoms with E-state index in [-0.39, 0.29) is 29.7 Å². The number of nitrogens with zero attached hydrogens (tertiary/aromatic N) is 1. The molecule has 2 unspecified atom stereocenters. The van der Waals surface area contributed by atoms with Gasteiger partial charge in [0.25, 0.3) is 0 Å². The van der Waals surface area contributed by atoms with Gasteiger partial charge in [-0.3, -0.25) is 4.79 Å². The van der Waals surface area contributed by atoms with Gasteiger partial charge < -0.3 is 4.90 Å². The van der Waals surface area contributed by atoms with Crippen LogP contribution < -0.4 is 4.72 Å². The van der Waals surface area contributed by atoms with Gasteiger partial charge in [0.05, 0.1) is 17.7 Å². The van der Waals surface area contributed by atoms with E-state index in [0.29, 0.717) is 19.4 Å². The van der Waals surface area contributed by atoms with E-state index in [2.05, 4.69) is 4.72 Å². The van der Waals surface area contributed by atoms with Crippen LogP contribution in [0, 0.1) is 17.6 Å². The Labute approximate surface area is 185 Å². The maximum atomic E-state index is 16.0. The number of nitrogens with one attached hydrogen (secondary N) is 1. The van der Waals surface area contributed by atoms with Gasteiger partial charge in [0.1, 0.15) is 17.3 Å². The molecule has 1 saturated carbocycles. The first kappa shape index (κ1) is 22.8. The lowest BCUT2D eigenvalue weighted by Gasteiger charge is -2.25. The zero-order chi connectivity index (χ0) is 23.1. The number of hydrogen-bond acceptors (Lipinski definition) is 3. The van der Waals surface area contributed by atoms with Crippen molar-refractivity contribution >= 4 is 15.9 Å². The maximum Gasteiger partial charge on any atom is 0.229 e. The molecule has 5 nitrogen and oxygen atoms in total. The second-order valence-electron chi connectivity index (χ2n) is 8.63. The van der Waals surface area contributed by atoms with E-state index >= 15 is 4.39 Å². The monoisotopic (exact) mass is 466 g/mol. The molecule has 2 aromatic rings. The molecule has 172 valence electrons. The van der Waals surface area contributed by atoms with E-state index in [4.69, 9.17) is 0 Å². The molecule has 1 saturated heterocycles. The van der Waals surface area contributed by atoms with Gasteiger partial charge in [0.2, 0.25) is 15.9 Å². The highest BCUT2D eigenvalue weighted by Crippen LogP contribution is 2.58. The van der Waals surface area contributed by atoms with Gasteiger partial charge in [-0.2, -0.15) is 0 Å². The lowest BCUT2D eigenvalue weighted by Crippen LogP contribution is -2.45. The van der Waals surface area contributed by atoms with E-state index in [1.54, 1.807) is 12.1 Å². The molecule has 4 rings (SSSR count). The highest BCUT2D eigenvalue weighted by molar-refractivity contribution is 7.88. The third kappa shape index (κ3) is 4.54. The molecule has 0 bridgehead atoms. The molecule has 0 radical (unpaired) electrons. The fourth-order valence-corrected chi connectivity index (χ4v) is 5.40. The maximum absolute atomic E-state index is 16.0. The third-order valence-corrected chi connectivity index (χ3v) is 6.92. The molecular weight excluding hydrogens is 441 g/mol. The Kier molecular flexibility index (Phi) is 6.06. The minimum Gasteiger partial charge on any atom is -0.341 e. The van der Waals surface area contributed by atoms with E-state index in [1.165, 1.54) is 23.1 Å². The number of carbonyl (C=O) groups excluding carboxylic acids is 1. The van der Waals surface area contributed by atoms with Crippen molar-refractivity contribution in [3.63, 3.8) is 0 Å². The van der Waals surface area contributed by atoms with Gasteiger partial charge in [0.15, 0.2) is 0 Å². The number of amides is 1. The van der Waals surface area contributed by atoms with Gasteiger partial charge in [-0.05, 0) is 36.1 Å². The molecule has 1 amide bonds. The SMILES string of the molecule is CS(=O)(=O)N[C@H]1CCCCN(C(=O)C2CC2(F)c2ccccc2-c2c(F)cccc2F)C1. The normalized spacial score (nSPS) is 25.9. The number of hydrogen-bond donors (Lipinski definition) is 1. The van der Waals surface area contributed by atoms with Crippen molar-refractivity contribution in [1.29, 1.82) is 0 Å². The summed E-state index contributed by atoms with van der Waals surface area (Å²) in [4.78, 5) is 14.7. The van der Waals surface area contributed by atoms with Crippen LogP contribution in [0.3, 0.4) is 0 Å². The van der Waals surface area contributed by atoms with Crippen molar-refractivity contribution in [1.82, 2.24) is 9.62 Å². The smallest absolute Gasteiger partial charge is 0.229 e. The second-order valence-corrected chi connectivity index (χ2v) is 10.4. The van der Waals surface area contributed by atoms with Crippen molar-refractivity contribution in [2.24, 2.45) is 5.92 Å². The summed E-state index contributed by atoms with van der Waals surface area (Å²) in [5, 5.41) is 0. The van der Waals surface area contributed by atoms with Crippen LogP contribution in [0.25, 0.3) is 11.1 Å². The minimum absolute atomic E-state index is 0.0837. The van der Waals surface area contributed by atoms with Gasteiger partial charge in [0, 0.05) is 25.6 Å². The largest absolute Gasteiger partial charge is 0.341 e. The summed E-state index contributed by atoms with van der Waals surface area (Å²) >= 11 is 0. The van der Waals surface area contributed by atoms with Crippen LogP contribution in [0.15, 0.2) is 42.5 Å². The summed E-state index contributed by atoms with van der Waals surface area (Å²) < 4.78 is 70.5. The van der Waals surface area contributed by atoms with Gasteiger partial charge in [-0.25, -0.2) is 26.3 Å². The molecule has 1 aliphatic heterocycles. The summed E-state index contributed by atoms with van der Waals surface area (Å²) in [6.45, 7) is 0.582. The Hall–Kier alpha value is -2.39. The Balaban J connectivity index is 1.59. The molecule has 3 atom stereocenters. The fraction of sp³-hybridized carbons (Fsp3) is 0.435. The Morgan fingerprint density at radius 2 is 1.78 bits per heavy atom. The molecule has 2 aromatic carbocycles. The topological polar surface area (TPSA) is 66.5 Å². The average molecular weight is 467 g/mol. The van der Waals surface area contributed by atoms with Crippen molar-refractivity contribution < 1.29 is 26.4 Å². The van der Waals surface area contributed by atoms with Crippen molar-refractivity contribution in [2.45, 2.75) is 37.4 Å². The van der Waals surface area contributed by atoms with Crippen LogP contribution in [-0.2, 0) is 20.5 Å². The van der Waals surface area contributed by atoms with Crippen molar-refractivity contribution in [3.8, 4) is 11.1 Å². The molecule has 1 aliphatic carbocycles. The Bertz CT molecular complexity index is 1120. The molecular formula is C23H25F3N2O3S. The molecule has 1 N–H and O–H groups in total. The lowest BCUT2D eigenvalue weighted by molar-refractivity contribution is -0.133. The minimum atomic E-state index is -3.44. The lowest BCUT2D eigenvalue weighted by atomic mass is 9.93. The van der Waals surface area contributed by atoms with E-state index in [0.717, 1.165) is 24.8 Å². The average Bonchev–Trinajstić information content (AvgIpc) is 3.45.